The fourth-order valence-electron chi connectivity index (χ4n) is 1.38. The fraction of sp³-hybridized carbons (Fsp3) is 0. The molecule has 0 aliphatic rings. The minimum absolute atomic E-state index is 0.348. The first-order chi connectivity index (χ1) is 9.65. The zero-order valence-corrected chi connectivity index (χ0v) is 11.0. The number of hydrogen-bond donors (Lipinski definition) is 1. The predicted molar refractivity (Wildman–Crippen MR) is 75.5 cm³/mol. The Labute approximate surface area is 119 Å². The maximum atomic E-state index is 12.7. The molecular formula is C14H10ClFN2O2. The monoisotopic (exact) mass is 292 g/mol. The first kappa shape index (κ1) is 14.0. The molecule has 1 amide bonds. The van der Waals surface area contributed by atoms with Crippen molar-refractivity contribution in [1.29, 1.82) is 0 Å². The Balaban J connectivity index is 1.89. The summed E-state index contributed by atoms with van der Waals surface area (Å²) in [7, 11) is 0. The molecule has 2 rings (SSSR count). The normalized spacial score (nSPS) is 10.5. The Morgan fingerprint density at radius 2 is 1.90 bits per heavy atom. The molecule has 0 saturated carbocycles. The molecule has 0 aromatic heterocycles. The quantitative estimate of drug-likeness (QED) is 0.527. The van der Waals surface area contributed by atoms with E-state index in [0.29, 0.717) is 16.3 Å². The molecule has 102 valence electrons. The first-order valence-corrected chi connectivity index (χ1v) is 6.04. The van der Waals surface area contributed by atoms with E-state index in [1.54, 1.807) is 24.3 Å². The van der Waals surface area contributed by atoms with Crippen molar-refractivity contribution in [2.24, 2.45) is 5.16 Å². The summed E-state index contributed by atoms with van der Waals surface area (Å²) in [5.74, 6) is -0.348. The molecule has 0 aliphatic heterocycles. The standard InChI is InChI=1S/C14H10ClFN2O2/c15-12-3-1-2-4-13(12)18-14(19)20-17-9-10-5-7-11(16)8-6-10/h1-9H,(H,18,19). The second-order valence-electron chi connectivity index (χ2n) is 3.77. The van der Waals surface area contributed by atoms with Gasteiger partial charge in [-0.15, -0.1) is 0 Å². The number of benzene rings is 2. The molecule has 0 fully saturated rings. The third-order valence-corrected chi connectivity index (χ3v) is 2.65. The molecule has 0 saturated heterocycles. The molecule has 2 aromatic carbocycles. The van der Waals surface area contributed by atoms with Crippen LogP contribution in [0.25, 0.3) is 0 Å². The number of oxime groups is 1. The average molecular weight is 293 g/mol. The van der Waals surface area contributed by atoms with Gasteiger partial charge in [-0.05, 0) is 29.8 Å². The van der Waals surface area contributed by atoms with E-state index >= 15 is 0 Å². The van der Waals surface area contributed by atoms with Crippen molar-refractivity contribution < 1.29 is 14.0 Å². The van der Waals surface area contributed by atoms with Crippen LogP contribution in [0.1, 0.15) is 5.56 Å². The topological polar surface area (TPSA) is 50.7 Å². The van der Waals surface area contributed by atoms with Gasteiger partial charge in [-0.1, -0.05) is 41.0 Å². The zero-order chi connectivity index (χ0) is 14.4. The molecule has 0 unspecified atom stereocenters. The maximum Gasteiger partial charge on any atom is 0.437 e. The van der Waals surface area contributed by atoms with Crippen molar-refractivity contribution in [3.05, 3.63) is 64.9 Å². The minimum Gasteiger partial charge on any atom is -0.298 e. The number of para-hydroxylation sites is 1. The molecule has 2 aromatic rings. The first-order valence-electron chi connectivity index (χ1n) is 5.66. The molecule has 6 heteroatoms. The molecule has 0 radical (unpaired) electrons. The van der Waals surface area contributed by atoms with Crippen LogP contribution in [0.3, 0.4) is 0 Å². The molecule has 0 spiro atoms. The Morgan fingerprint density at radius 1 is 1.20 bits per heavy atom. The summed E-state index contributed by atoms with van der Waals surface area (Å²) in [4.78, 5) is 16.0. The van der Waals surface area contributed by atoms with E-state index in [0.717, 1.165) is 0 Å². The van der Waals surface area contributed by atoms with Gasteiger partial charge in [-0.2, -0.15) is 0 Å². The average Bonchev–Trinajstić information content (AvgIpc) is 2.44. The largest absolute Gasteiger partial charge is 0.437 e. The summed E-state index contributed by atoms with van der Waals surface area (Å²) in [6, 6.07) is 12.3. The van der Waals surface area contributed by atoms with Gasteiger partial charge in [-0.3, -0.25) is 10.2 Å². The van der Waals surface area contributed by atoms with Crippen LogP contribution in [0.2, 0.25) is 5.02 Å². The Kier molecular flexibility index (Phi) is 4.68. The number of nitrogens with one attached hydrogen (secondary N) is 1. The number of nitrogens with zero attached hydrogens (tertiary/aromatic N) is 1. The second kappa shape index (κ2) is 6.68. The van der Waals surface area contributed by atoms with Gasteiger partial charge >= 0.3 is 6.09 Å². The molecule has 20 heavy (non-hydrogen) atoms. The molecular weight excluding hydrogens is 283 g/mol. The van der Waals surface area contributed by atoms with Gasteiger partial charge in [0.05, 0.1) is 16.9 Å². The van der Waals surface area contributed by atoms with Crippen molar-refractivity contribution in [3.63, 3.8) is 0 Å². The van der Waals surface area contributed by atoms with Gasteiger partial charge < -0.3 is 0 Å². The predicted octanol–water partition coefficient (Wildman–Crippen LogP) is 4.06. The van der Waals surface area contributed by atoms with E-state index in [1.165, 1.54) is 30.5 Å². The number of amides is 1. The summed E-state index contributed by atoms with van der Waals surface area (Å²) in [5.41, 5.74) is 1.04. The van der Waals surface area contributed by atoms with Gasteiger partial charge in [-0.25, -0.2) is 9.18 Å². The van der Waals surface area contributed by atoms with Crippen LogP contribution in [0.4, 0.5) is 14.9 Å². The third kappa shape index (κ3) is 4.07. The summed E-state index contributed by atoms with van der Waals surface area (Å²) in [5, 5.41) is 6.33. The molecule has 0 aliphatic carbocycles. The van der Waals surface area contributed by atoms with E-state index in [1.807, 2.05) is 0 Å². The highest BCUT2D eigenvalue weighted by atomic mass is 35.5. The van der Waals surface area contributed by atoms with Crippen molar-refractivity contribution in [1.82, 2.24) is 0 Å². The summed E-state index contributed by atoms with van der Waals surface area (Å²) in [6.07, 6.45) is 0.530. The van der Waals surface area contributed by atoms with Crippen molar-refractivity contribution in [2.45, 2.75) is 0 Å². The van der Waals surface area contributed by atoms with Gasteiger partial charge in [0.2, 0.25) is 0 Å². The fourth-order valence-corrected chi connectivity index (χ4v) is 1.56. The van der Waals surface area contributed by atoms with E-state index in [9.17, 15) is 9.18 Å². The highest BCUT2D eigenvalue weighted by Gasteiger charge is 2.05. The number of rotatable bonds is 3. The lowest BCUT2D eigenvalue weighted by molar-refractivity contribution is 0.167. The smallest absolute Gasteiger partial charge is 0.298 e. The van der Waals surface area contributed by atoms with Crippen LogP contribution in [0.5, 0.6) is 0 Å². The summed E-state index contributed by atoms with van der Waals surface area (Å²) in [6.45, 7) is 0. The van der Waals surface area contributed by atoms with Crippen molar-refractivity contribution in [2.75, 3.05) is 5.32 Å². The van der Waals surface area contributed by atoms with Crippen LogP contribution in [-0.2, 0) is 4.84 Å². The zero-order valence-electron chi connectivity index (χ0n) is 10.2. The Hall–Kier alpha value is -2.40. The van der Waals surface area contributed by atoms with E-state index in [-0.39, 0.29) is 5.82 Å². The number of halogens is 2. The maximum absolute atomic E-state index is 12.7. The van der Waals surface area contributed by atoms with Crippen LogP contribution in [-0.4, -0.2) is 12.3 Å². The molecule has 0 bridgehead atoms. The second-order valence-corrected chi connectivity index (χ2v) is 4.18. The van der Waals surface area contributed by atoms with E-state index in [2.05, 4.69) is 15.3 Å². The lowest BCUT2D eigenvalue weighted by Gasteiger charge is -2.03. The minimum atomic E-state index is -0.767. The Bertz CT molecular complexity index is 629. The van der Waals surface area contributed by atoms with Crippen LogP contribution < -0.4 is 5.32 Å². The Morgan fingerprint density at radius 3 is 2.60 bits per heavy atom. The number of hydrogen-bond acceptors (Lipinski definition) is 3. The van der Waals surface area contributed by atoms with Gasteiger partial charge in [0.25, 0.3) is 0 Å². The van der Waals surface area contributed by atoms with Crippen LogP contribution >= 0.6 is 11.6 Å². The van der Waals surface area contributed by atoms with Gasteiger partial charge in [0.15, 0.2) is 0 Å². The van der Waals surface area contributed by atoms with Crippen molar-refractivity contribution in [3.8, 4) is 0 Å². The summed E-state index contributed by atoms with van der Waals surface area (Å²) < 4.78 is 12.7. The van der Waals surface area contributed by atoms with Crippen LogP contribution in [0.15, 0.2) is 53.7 Å². The lowest BCUT2D eigenvalue weighted by Crippen LogP contribution is -2.11. The van der Waals surface area contributed by atoms with E-state index < -0.39 is 6.09 Å². The molecule has 1 N–H and O–H groups in total. The highest BCUT2D eigenvalue weighted by molar-refractivity contribution is 6.33. The number of anilines is 1. The van der Waals surface area contributed by atoms with Gasteiger partial charge in [0.1, 0.15) is 5.82 Å². The molecule has 0 heterocycles. The summed E-state index contributed by atoms with van der Waals surface area (Å²) >= 11 is 5.87. The lowest BCUT2D eigenvalue weighted by atomic mass is 10.2. The van der Waals surface area contributed by atoms with E-state index in [4.69, 9.17) is 11.6 Å². The highest BCUT2D eigenvalue weighted by Crippen LogP contribution is 2.20. The van der Waals surface area contributed by atoms with Gasteiger partial charge in [0, 0.05) is 0 Å². The molecule has 4 nitrogen and oxygen atoms in total. The van der Waals surface area contributed by atoms with Crippen LogP contribution in [0, 0.1) is 5.82 Å². The molecule has 0 atom stereocenters. The number of carbonyl (C=O) groups is 1. The number of carbonyl (C=O) groups excluding carboxylic acids is 1. The van der Waals surface area contributed by atoms with Crippen molar-refractivity contribution >= 4 is 29.6 Å². The SMILES string of the molecule is O=C(Nc1ccccc1Cl)ON=Cc1ccc(F)cc1. The third-order valence-electron chi connectivity index (χ3n) is 2.32.